The van der Waals surface area contributed by atoms with E-state index in [9.17, 15) is 0 Å². The standard InChI is InChI=1S/C27H22IN6P/c1-16-18(12-20(28)14-26(16)33-29-22-7-3-4-8-23(22)30-33)11-19-13-21(35)15-27(17(19)2)34-31-24-9-5-6-10-25(24)32-34/h3-10,12-15H,11,35H2,1-2H3. The number of halogens is 1. The van der Waals surface area contributed by atoms with Crippen molar-refractivity contribution < 1.29 is 0 Å². The molecule has 0 spiro atoms. The minimum Gasteiger partial charge on any atom is -0.150 e. The fraction of sp³-hybridized carbons (Fsp3) is 0.111. The molecule has 0 aliphatic heterocycles. The Morgan fingerprint density at radius 3 is 1.57 bits per heavy atom. The summed E-state index contributed by atoms with van der Waals surface area (Å²) in [6, 6.07) is 24.6. The maximum Gasteiger partial charge on any atom is 0.113 e. The predicted molar refractivity (Wildman–Crippen MR) is 152 cm³/mol. The van der Waals surface area contributed by atoms with Crippen molar-refractivity contribution in [3.05, 3.63) is 98.6 Å². The number of rotatable bonds is 4. The van der Waals surface area contributed by atoms with Crippen molar-refractivity contribution in [3.8, 4) is 11.4 Å². The number of aromatic nitrogens is 6. The second kappa shape index (κ2) is 8.81. The zero-order valence-corrected chi connectivity index (χ0v) is 22.6. The van der Waals surface area contributed by atoms with Gasteiger partial charge in [-0.15, -0.1) is 29.6 Å². The van der Waals surface area contributed by atoms with E-state index >= 15 is 0 Å². The number of benzene rings is 4. The van der Waals surface area contributed by atoms with Crippen LogP contribution in [0.3, 0.4) is 0 Å². The molecule has 0 saturated carbocycles. The summed E-state index contributed by atoms with van der Waals surface area (Å²) in [6.07, 6.45) is 0.790. The van der Waals surface area contributed by atoms with E-state index in [0.717, 1.165) is 48.7 Å². The highest BCUT2D eigenvalue weighted by atomic mass is 127. The second-order valence-electron chi connectivity index (χ2n) is 8.67. The Kier molecular flexibility index (Phi) is 5.61. The van der Waals surface area contributed by atoms with Gasteiger partial charge in [0.25, 0.3) is 0 Å². The SMILES string of the molecule is Cc1c(Cc2cc(I)cc(-n3nc4ccccc4n3)c2C)cc(P)cc1-n1nc2ccccc2n1. The van der Waals surface area contributed by atoms with Crippen LogP contribution in [0.25, 0.3) is 33.4 Å². The van der Waals surface area contributed by atoms with Gasteiger partial charge in [-0.3, -0.25) is 0 Å². The predicted octanol–water partition coefficient (Wildman–Crippen LogP) is 5.47. The molecule has 0 N–H and O–H groups in total. The molecular formula is C27H22IN6P. The van der Waals surface area contributed by atoms with Crippen LogP contribution in [0.5, 0.6) is 0 Å². The molecule has 172 valence electrons. The molecule has 1 atom stereocenters. The fourth-order valence-corrected chi connectivity index (χ4v) is 5.45. The molecule has 6 nitrogen and oxygen atoms in total. The Morgan fingerprint density at radius 2 is 1.09 bits per heavy atom. The summed E-state index contributed by atoms with van der Waals surface area (Å²) in [6.45, 7) is 4.30. The van der Waals surface area contributed by atoms with E-state index in [1.54, 1.807) is 9.59 Å². The molecule has 2 aromatic heterocycles. The first kappa shape index (κ1) is 22.3. The first-order valence-corrected chi connectivity index (χ1v) is 12.9. The van der Waals surface area contributed by atoms with Gasteiger partial charge in [0.05, 0.1) is 11.4 Å². The lowest BCUT2D eigenvalue weighted by molar-refractivity contribution is 0.756. The highest BCUT2D eigenvalue weighted by molar-refractivity contribution is 14.1. The Bertz CT molecular complexity index is 1540. The third-order valence-corrected chi connectivity index (χ3v) is 7.30. The van der Waals surface area contributed by atoms with Gasteiger partial charge in [0.2, 0.25) is 0 Å². The largest absolute Gasteiger partial charge is 0.150 e. The maximum atomic E-state index is 4.72. The third-order valence-electron chi connectivity index (χ3n) is 6.35. The van der Waals surface area contributed by atoms with Gasteiger partial charge in [-0.1, -0.05) is 30.3 Å². The molecule has 2 heterocycles. The van der Waals surface area contributed by atoms with E-state index in [-0.39, 0.29) is 0 Å². The molecule has 0 radical (unpaired) electrons. The lowest BCUT2D eigenvalue weighted by Gasteiger charge is -2.16. The first-order valence-electron chi connectivity index (χ1n) is 11.3. The minimum atomic E-state index is 0.790. The summed E-state index contributed by atoms with van der Waals surface area (Å²) >= 11 is 2.38. The summed E-state index contributed by atoms with van der Waals surface area (Å²) < 4.78 is 1.15. The zero-order chi connectivity index (χ0) is 24.1. The Hall–Kier alpha value is -3.16. The lowest BCUT2D eigenvalue weighted by Crippen LogP contribution is -2.10. The first-order chi connectivity index (χ1) is 17.0. The summed E-state index contributed by atoms with van der Waals surface area (Å²) in [5.74, 6) is 0. The Morgan fingerprint density at radius 1 is 0.657 bits per heavy atom. The lowest BCUT2D eigenvalue weighted by atomic mass is 9.96. The number of hydrogen-bond donors (Lipinski definition) is 0. The number of nitrogens with zero attached hydrogens (tertiary/aromatic N) is 6. The smallest absolute Gasteiger partial charge is 0.113 e. The minimum absolute atomic E-state index is 0.790. The van der Waals surface area contributed by atoms with Crippen LogP contribution < -0.4 is 5.30 Å². The Labute approximate surface area is 218 Å². The molecule has 0 fully saturated rings. The van der Waals surface area contributed by atoms with Crippen LogP contribution in [-0.2, 0) is 6.42 Å². The van der Waals surface area contributed by atoms with E-state index in [2.05, 4.69) is 69.9 Å². The van der Waals surface area contributed by atoms with E-state index in [4.69, 9.17) is 20.4 Å². The van der Waals surface area contributed by atoms with Crippen molar-refractivity contribution in [1.29, 1.82) is 0 Å². The van der Waals surface area contributed by atoms with Crippen molar-refractivity contribution >= 4 is 59.2 Å². The molecule has 8 heteroatoms. The van der Waals surface area contributed by atoms with Crippen LogP contribution in [0.4, 0.5) is 0 Å². The summed E-state index contributed by atoms with van der Waals surface area (Å²) in [5.41, 5.74) is 10.4. The summed E-state index contributed by atoms with van der Waals surface area (Å²) in [7, 11) is 2.83. The van der Waals surface area contributed by atoms with Gasteiger partial charge in [-0.2, -0.15) is 9.59 Å². The highest BCUT2D eigenvalue weighted by Gasteiger charge is 2.16. The van der Waals surface area contributed by atoms with E-state index in [1.165, 1.54) is 22.3 Å². The molecule has 4 aromatic carbocycles. The van der Waals surface area contributed by atoms with Crippen LogP contribution in [0.2, 0.25) is 0 Å². The zero-order valence-electron chi connectivity index (χ0n) is 19.3. The Balaban J connectivity index is 1.43. The van der Waals surface area contributed by atoms with Gasteiger partial charge in [-0.05, 0) is 113 Å². The topological polar surface area (TPSA) is 61.4 Å². The maximum absolute atomic E-state index is 4.72. The normalized spacial score (nSPS) is 11.5. The van der Waals surface area contributed by atoms with Gasteiger partial charge in [-0.25, -0.2) is 0 Å². The van der Waals surface area contributed by atoms with Crippen molar-refractivity contribution in [3.63, 3.8) is 0 Å². The number of hydrogen-bond acceptors (Lipinski definition) is 4. The van der Waals surface area contributed by atoms with E-state index in [0.29, 0.717) is 0 Å². The van der Waals surface area contributed by atoms with Crippen LogP contribution >= 0.6 is 31.8 Å². The van der Waals surface area contributed by atoms with Gasteiger partial charge in [0.15, 0.2) is 0 Å². The molecule has 1 unspecified atom stereocenters. The molecule has 6 rings (SSSR count). The molecule has 6 aromatic rings. The average molecular weight is 588 g/mol. The molecular weight excluding hydrogens is 566 g/mol. The quantitative estimate of drug-likeness (QED) is 0.203. The monoisotopic (exact) mass is 588 g/mol. The summed E-state index contributed by atoms with van der Waals surface area (Å²) in [4.78, 5) is 3.51. The van der Waals surface area contributed by atoms with Crippen molar-refractivity contribution in [1.82, 2.24) is 30.0 Å². The van der Waals surface area contributed by atoms with Crippen molar-refractivity contribution in [2.24, 2.45) is 0 Å². The van der Waals surface area contributed by atoms with E-state index < -0.39 is 0 Å². The molecule has 35 heavy (non-hydrogen) atoms. The molecule has 0 aliphatic carbocycles. The van der Waals surface area contributed by atoms with Crippen LogP contribution in [0.15, 0.2) is 72.8 Å². The van der Waals surface area contributed by atoms with Crippen LogP contribution in [-0.4, -0.2) is 30.0 Å². The van der Waals surface area contributed by atoms with Crippen molar-refractivity contribution in [2.75, 3.05) is 0 Å². The van der Waals surface area contributed by atoms with Crippen LogP contribution in [0.1, 0.15) is 22.3 Å². The number of fused-ring (bicyclic) bond motifs is 2. The van der Waals surface area contributed by atoms with Gasteiger partial charge in [0, 0.05) is 3.57 Å². The summed E-state index contributed by atoms with van der Waals surface area (Å²) in [5, 5.41) is 20.0. The third kappa shape index (κ3) is 4.13. The fourth-order valence-electron chi connectivity index (χ4n) is 4.42. The molecule has 0 amide bonds. The molecule has 0 saturated heterocycles. The van der Waals surface area contributed by atoms with Crippen LogP contribution in [0, 0.1) is 17.4 Å². The van der Waals surface area contributed by atoms with Crippen molar-refractivity contribution in [2.45, 2.75) is 20.3 Å². The van der Waals surface area contributed by atoms with Gasteiger partial charge >= 0.3 is 0 Å². The molecule has 0 aliphatic rings. The molecule has 0 bridgehead atoms. The highest BCUT2D eigenvalue weighted by Crippen LogP contribution is 2.27. The van der Waals surface area contributed by atoms with Gasteiger partial charge in [0.1, 0.15) is 22.1 Å². The second-order valence-corrected chi connectivity index (χ2v) is 10.6. The van der Waals surface area contributed by atoms with Gasteiger partial charge < -0.3 is 0 Å². The van der Waals surface area contributed by atoms with E-state index in [1.807, 2.05) is 48.5 Å². The average Bonchev–Trinajstić information content (AvgIpc) is 3.47.